The van der Waals surface area contributed by atoms with Gasteiger partial charge in [-0.25, -0.2) is 0 Å². The topological polar surface area (TPSA) is 44.0 Å². The maximum absolute atomic E-state index is 4.60. The lowest BCUT2D eigenvalue weighted by molar-refractivity contribution is 0.303. The molecule has 4 rings (SSSR count). The lowest BCUT2D eigenvalue weighted by atomic mass is 10.1. The molecular formula is C23H28N4. The first-order valence-electron chi connectivity index (χ1n) is 10.0. The van der Waals surface area contributed by atoms with Gasteiger partial charge in [-0.15, -0.1) is 0 Å². The van der Waals surface area contributed by atoms with Crippen molar-refractivity contribution in [2.24, 2.45) is 0 Å². The zero-order valence-corrected chi connectivity index (χ0v) is 16.3. The van der Waals surface area contributed by atoms with E-state index in [4.69, 9.17) is 0 Å². The lowest BCUT2D eigenvalue weighted by Gasteiger charge is -2.17. The first kappa shape index (κ1) is 17.8. The van der Waals surface area contributed by atoms with Crippen molar-refractivity contribution in [3.8, 4) is 22.5 Å². The molecule has 0 spiro atoms. The number of aromatic nitrogens is 2. The molecule has 2 N–H and O–H groups in total. The summed E-state index contributed by atoms with van der Waals surface area (Å²) in [5.41, 5.74) is 8.60. The van der Waals surface area contributed by atoms with E-state index in [1.165, 1.54) is 33.6 Å². The average molecular weight is 361 g/mol. The Morgan fingerprint density at radius 3 is 2.59 bits per heavy atom. The quantitative estimate of drug-likeness (QED) is 0.444. The molecule has 4 heteroatoms. The molecule has 4 nitrogen and oxygen atoms in total. The van der Waals surface area contributed by atoms with E-state index < -0.39 is 0 Å². The van der Waals surface area contributed by atoms with Gasteiger partial charge >= 0.3 is 0 Å². The molecule has 0 saturated carbocycles. The molecule has 1 heterocycles. The van der Waals surface area contributed by atoms with Crippen molar-refractivity contribution >= 4 is 5.69 Å². The molecule has 0 unspecified atom stereocenters. The molecule has 140 valence electrons. The van der Waals surface area contributed by atoms with Crippen LogP contribution in [0.5, 0.6) is 0 Å². The second-order valence-corrected chi connectivity index (χ2v) is 7.14. The maximum atomic E-state index is 4.60. The molecule has 0 bridgehead atoms. The van der Waals surface area contributed by atoms with Gasteiger partial charge < -0.3 is 10.2 Å². The van der Waals surface area contributed by atoms with Crippen molar-refractivity contribution in [3.63, 3.8) is 0 Å². The van der Waals surface area contributed by atoms with Crippen molar-refractivity contribution in [2.45, 2.75) is 26.7 Å². The number of nitrogens with one attached hydrogen (secondary N) is 2. The smallest absolute Gasteiger partial charge is 0.0962 e. The van der Waals surface area contributed by atoms with E-state index in [1.807, 2.05) is 0 Å². The second kappa shape index (κ2) is 7.97. The van der Waals surface area contributed by atoms with Gasteiger partial charge in [0.05, 0.1) is 11.4 Å². The van der Waals surface area contributed by atoms with Crippen molar-refractivity contribution in [2.75, 3.05) is 31.5 Å². The fraction of sp³-hybridized carbons (Fsp3) is 0.348. The third-order valence-corrected chi connectivity index (χ3v) is 5.55. The van der Waals surface area contributed by atoms with Gasteiger partial charge in [0.15, 0.2) is 0 Å². The van der Waals surface area contributed by atoms with E-state index in [-0.39, 0.29) is 0 Å². The Hall–Kier alpha value is -2.59. The van der Waals surface area contributed by atoms with Gasteiger partial charge in [0, 0.05) is 35.3 Å². The highest BCUT2D eigenvalue weighted by molar-refractivity contribution is 5.81. The molecule has 0 atom stereocenters. The minimum Gasteiger partial charge on any atom is -0.385 e. The van der Waals surface area contributed by atoms with Crippen LogP contribution in [0, 0.1) is 0 Å². The fourth-order valence-corrected chi connectivity index (χ4v) is 3.93. The summed E-state index contributed by atoms with van der Waals surface area (Å²) in [4.78, 5) is 2.46. The van der Waals surface area contributed by atoms with Crippen LogP contribution >= 0.6 is 0 Å². The van der Waals surface area contributed by atoms with Crippen LogP contribution < -0.4 is 5.32 Å². The van der Waals surface area contributed by atoms with Gasteiger partial charge in [-0.1, -0.05) is 50.2 Å². The predicted octanol–water partition coefficient (Wildman–Crippen LogP) is 4.79. The van der Waals surface area contributed by atoms with Crippen LogP contribution in [0.25, 0.3) is 22.5 Å². The van der Waals surface area contributed by atoms with Crippen molar-refractivity contribution < 1.29 is 0 Å². The zero-order chi connectivity index (χ0) is 18.6. The SMILES string of the molecule is CCN(CC)CCCNc1ccc(-c2n[nH]c3c2Cc2ccccc2-3)cc1. The number of nitrogens with zero attached hydrogens (tertiary/aromatic N) is 2. The average Bonchev–Trinajstić information content (AvgIpc) is 3.28. The van der Waals surface area contributed by atoms with Gasteiger partial charge in [0.2, 0.25) is 0 Å². The summed E-state index contributed by atoms with van der Waals surface area (Å²) < 4.78 is 0. The fourth-order valence-electron chi connectivity index (χ4n) is 3.93. The van der Waals surface area contributed by atoms with Gasteiger partial charge in [0.25, 0.3) is 0 Å². The van der Waals surface area contributed by atoms with Gasteiger partial charge in [-0.2, -0.15) is 5.10 Å². The number of fused-ring (bicyclic) bond motifs is 3. The molecule has 1 aromatic heterocycles. The minimum atomic E-state index is 0.961. The van der Waals surface area contributed by atoms with E-state index in [0.717, 1.165) is 44.7 Å². The molecule has 1 aliphatic carbocycles. The monoisotopic (exact) mass is 360 g/mol. The van der Waals surface area contributed by atoms with Gasteiger partial charge in [0.1, 0.15) is 0 Å². The van der Waals surface area contributed by atoms with E-state index in [9.17, 15) is 0 Å². The Kier molecular flexibility index (Phi) is 5.26. The first-order chi connectivity index (χ1) is 13.3. The standard InChI is InChI=1S/C23H28N4/c1-3-27(4-2)15-7-14-24-19-12-10-17(11-13-19)22-21-16-18-8-5-6-9-20(18)23(21)26-25-22/h5-6,8-13,24H,3-4,7,14-16H2,1-2H3,(H,25,26). The molecule has 0 amide bonds. The first-order valence-corrected chi connectivity index (χ1v) is 10.0. The Labute approximate surface area is 161 Å². The van der Waals surface area contributed by atoms with Crippen LogP contribution in [0.4, 0.5) is 5.69 Å². The number of hydrogen-bond donors (Lipinski definition) is 2. The number of benzene rings is 2. The molecule has 0 aliphatic heterocycles. The Morgan fingerprint density at radius 2 is 1.81 bits per heavy atom. The molecule has 3 aromatic rings. The van der Waals surface area contributed by atoms with E-state index in [1.54, 1.807) is 0 Å². The normalized spacial score (nSPS) is 12.3. The van der Waals surface area contributed by atoms with Crippen LogP contribution in [0.3, 0.4) is 0 Å². The third-order valence-electron chi connectivity index (χ3n) is 5.55. The summed E-state index contributed by atoms with van der Waals surface area (Å²) in [5.74, 6) is 0. The van der Waals surface area contributed by atoms with Crippen LogP contribution in [-0.4, -0.2) is 41.3 Å². The summed E-state index contributed by atoms with van der Waals surface area (Å²) in [6, 6.07) is 17.3. The van der Waals surface area contributed by atoms with Crippen LogP contribution in [0.1, 0.15) is 31.4 Å². The summed E-state index contributed by atoms with van der Waals surface area (Å²) in [6.07, 6.45) is 2.12. The zero-order valence-electron chi connectivity index (χ0n) is 16.3. The summed E-state index contributed by atoms with van der Waals surface area (Å²) in [5, 5.41) is 11.4. The highest BCUT2D eigenvalue weighted by atomic mass is 15.1. The van der Waals surface area contributed by atoms with Crippen LogP contribution in [0.15, 0.2) is 48.5 Å². The minimum absolute atomic E-state index is 0.961. The largest absolute Gasteiger partial charge is 0.385 e. The van der Waals surface area contributed by atoms with E-state index >= 15 is 0 Å². The molecule has 2 aromatic carbocycles. The van der Waals surface area contributed by atoms with Crippen molar-refractivity contribution in [1.82, 2.24) is 15.1 Å². The molecule has 1 aliphatic rings. The summed E-state index contributed by atoms with van der Waals surface area (Å²) >= 11 is 0. The lowest BCUT2D eigenvalue weighted by Crippen LogP contribution is -2.25. The molecule has 0 radical (unpaired) electrons. The number of anilines is 1. The van der Waals surface area contributed by atoms with E-state index in [2.05, 4.69) is 82.8 Å². The number of hydrogen-bond acceptors (Lipinski definition) is 3. The maximum Gasteiger partial charge on any atom is 0.0962 e. The third kappa shape index (κ3) is 3.62. The van der Waals surface area contributed by atoms with Crippen LogP contribution in [-0.2, 0) is 6.42 Å². The van der Waals surface area contributed by atoms with Crippen molar-refractivity contribution in [1.29, 1.82) is 0 Å². The number of aromatic amines is 1. The summed E-state index contributed by atoms with van der Waals surface area (Å²) in [7, 11) is 0. The van der Waals surface area contributed by atoms with Crippen molar-refractivity contribution in [3.05, 3.63) is 59.7 Å². The highest BCUT2D eigenvalue weighted by Crippen LogP contribution is 2.39. The number of rotatable bonds is 8. The molecule has 0 fully saturated rings. The molecular weight excluding hydrogens is 332 g/mol. The van der Waals surface area contributed by atoms with Gasteiger partial charge in [-0.3, -0.25) is 5.10 Å². The summed E-state index contributed by atoms with van der Waals surface area (Å²) in [6.45, 7) is 8.85. The van der Waals surface area contributed by atoms with Crippen LogP contribution in [0.2, 0.25) is 0 Å². The molecule has 0 saturated heterocycles. The highest BCUT2D eigenvalue weighted by Gasteiger charge is 2.24. The Bertz CT molecular complexity index is 891. The number of H-pyrrole nitrogens is 1. The Balaban J connectivity index is 1.40. The predicted molar refractivity (Wildman–Crippen MR) is 113 cm³/mol. The van der Waals surface area contributed by atoms with E-state index in [0.29, 0.717) is 0 Å². The molecule has 27 heavy (non-hydrogen) atoms. The van der Waals surface area contributed by atoms with Gasteiger partial charge in [-0.05, 0) is 43.8 Å². The second-order valence-electron chi connectivity index (χ2n) is 7.14. The Morgan fingerprint density at radius 1 is 1.04 bits per heavy atom.